The number of azo groups is 1. The van der Waals surface area contributed by atoms with Gasteiger partial charge >= 0.3 is 0 Å². The first-order valence-corrected chi connectivity index (χ1v) is 8.85. The Hall–Kier alpha value is -2.42. The summed E-state index contributed by atoms with van der Waals surface area (Å²) in [5, 5.41) is 17.8. The molecule has 0 bridgehead atoms. The number of allylic oxidation sites excluding steroid dienone is 1. The highest BCUT2D eigenvalue weighted by Gasteiger charge is 2.29. The summed E-state index contributed by atoms with van der Waals surface area (Å²) in [7, 11) is 0. The van der Waals surface area contributed by atoms with Gasteiger partial charge in [-0.2, -0.15) is 10.2 Å². The molecule has 1 unspecified atom stereocenters. The molecule has 0 aliphatic carbocycles. The van der Waals surface area contributed by atoms with E-state index in [-0.39, 0.29) is 11.2 Å². The Bertz CT molecular complexity index is 760. The zero-order chi connectivity index (χ0) is 18.4. The summed E-state index contributed by atoms with van der Waals surface area (Å²) in [6, 6.07) is 15.4. The first-order valence-electron chi connectivity index (χ1n) is 8.85. The smallest absolute Gasteiger partial charge is 0.115 e. The molecule has 1 atom stereocenters. The van der Waals surface area contributed by atoms with Gasteiger partial charge in [-0.1, -0.05) is 52.0 Å². The molecule has 0 radical (unpaired) electrons. The van der Waals surface area contributed by atoms with E-state index in [0.29, 0.717) is 5.92 Å². The van der Waals surface area contributed by atoms with Crippen LogP contribution >= 0.6 is 0 Å². The maximum absolute atomic E-state index is 9.32. The Kier molecular flexibility index (Phi) is 6.13. The van der Waals surface area contributed by atoms with E-state index in [9.17, 15) is 5.11 Å². The van der Waals surface area contributed by atoms with Crippen molar-refractivity contribution in [2.45, 2.75) is 52.4 Å². The molecule has 132 valence electrons. The van der Waals surface area contributed by atoms with Crippen molar-refractivity contribution in [1.82, 2.24) is 0 Å². The first-order chi connectivity index (χ1) is 11.9. The molecule has 0 aliphatic rings. The Balaban J connectivity index is 2.33. The molecular weight excluding hydrogens is 308 g/mol. The fourth-order valence-electron chi connectivity index (χ4n) is 3.03. The summed E-state index contributed by atoms with van der Waals surface area (Å²) in [6.07, 6.45) is 2.85. The van der Waals surface area contributed by atoms with Crippen molar-refractivity contribution in [1.29, 1.82) is 0 Å². The minimum absolute atomic E-state index is 0.0746. The molecule has 0 fully saturated rings. The second-order valence-corrected chi connectivity index (χ2v) is 6.97. The second kappa shape index (κ2) is 8.11. The third-order valence-corrected chi connectivity index (χ3v) is 5.03. The van der Waals surface area contributed by atoms with Crippen LogP contribution in [-0.2, 0) is 5.41 Å². The number of hydrogen-bond acceptors (Lipinski definition) is 3. The van der Waals surface area contributed by atoms with Gasteiger partial charge in [0, 0.05) is 11.6 Å². The van der Waals surface area contributed by atoms with Crippen LogP contribution in [0.4, 0.5) is 5.69 Å². The van der Waals surface area contributed by atoms with Gasteiger partial charge in [-0.05, 0) is 60.2 Å². The van der Waals surface area contributed by atoms with Gasteiger partial charge in [0.1, 0.15) is 5.75 Å². The summed E-state index contributed by atoms with van der Waals surface area (Å²) in [6.45, 7) is 11.1. The monoisotopic (exact) mass is 336 g/mol. The molecule has 0 spiro atoms. The van der Waals surface area contributed by atoms with Crippen molar-refractivity contribution in [3.63, 3.8) is 0 Å². The summed E-state index contributed by atoms with van der Waals surface area (Å²) >= 11 is 0. The highest BCUT2D eigenvalue weighted by molar-refractivity contribution is 5.42. The predicted octanol–water partition coefficient (Wildman–Crippen LogP) is 6.87. The van der Waals surface area contributed by atoms with Gasteiger partial charge in [-0.3, -0.25) is 0 Å². The Labute approximate surface area is 151 Å². The average Bonchev–Trinajstić information content (AvgIpc) is 2.62. The van der Waals surface area contributed by atoms with Crippen molar-refractivity contribution in [3.8, 4) is 5.75 Å². The van der Waals surface area contributed by atoms with Crippen LogP contribution in [0.25, 0.3) is 0 Å². The molecular formula is C22H28N2O. The minimum Gasteiger partial charge on any atom is -0.508 e. The zero-order valence-electron chi connectivity index (χ0n) is 15.8. The zero-order valence-corrected chi connectivity index (χ0v) is 15.8. The lowest BCUT2D eigenvalue weighted by molar-refractivity contribution is 0.475. The fraction of sp³-hybridized carbons (Fsp3) is 0.364. The summed E-state index contributed by atoms with van der Waals surface area (Å²) < 4.78 is 0. The number of phenols is 1. The average molecular weight is 336 g/mol. The van der Waals surface area contributed by atoms with Crippen LogP contribution in [0.15, 0.2) is 70.5 Å². The van der Waals surface area contributed by atoms with Crippen LogP contribution < -0.4 is 0 Å². The highest BCUT2D eigenvalue weighted by atomic mass is 16.3. The fourth-order valence-corrected chi connectivity index (χ4v) is 3.03. The lowest BCUT2D eigenvalue weighted by Gasteiger charge is -2.33. The normalized spacial score (nSPS) is 14.9. The summed E-state index contributed by atoms with van der Waals surface area (Å²) in [4.78, 5) is 0. The number of nitrogens with zero attached hydrogens (tertiary/aromatic N) is 2. The molecule has 0 aliphatic heterocycles. The number of benzene rings is 2. The topological polar surface area (TPSA) is 45.0 Å². The van der Waals surface area contributed by atoms with E-state index in [1.807, 2.05) is 6.20 Å². The van der Waals surface area contributed by atoms with Crippen molar-refractivity contribution in [3.05, 3.63) is 71.4 Å². The molecule has 25 heavy (non-hydrogen) atoms. The van der Waals surface area contributed by atoms with Crippen molar-refractivity contribution in [2.24, 2.45) is 10.2 Å². The highest BCUT2D eigenvalue weighted by Crippen LogP contribution is 2.39. The van der Waals surface area contributed by atoms with Gasteiger partial charge < -0.3 is 5.11 Å². The van der Waals surface area contributed by atoms with E-state index in [2.05, 4.69) is 69.1 Å². The van der Waals surface area contributed by atoms with Gasteiger partial charge in [0.2, 0.25) is 0 Å². The number of aromatic hydroxyl groups is 1. The molecule has 3 nitrogen and oxygen atoms in total. The van der Waals surface area contributed by atoms with E-state index in [0.717, 1.165) is 12.1 Å². The van der Waals surface area contributed by atoms with Crippen LogP contribution in [0, 0.1) is 0 Å². The molecule has 0 heterocycles. The van der Waals surface area contributed by atoms with Gasteiger partial charge in [0.15, 0.2) is 0 Å². The summed E-state index contributed by atoms with van der Waals surface area (Å²) in [5.41, 5.74) is 4.58. The predicted molar refractivity (Wildman–Crippen MR) is 105 cm³/mol. The molecule has 2 rings (SSSR count). The van der Waals surface area contributed by atoms with Gasteiger partial charge in [0.25, 0.3) is 0 Å². The Morgan fingerprint density at radius 3 is 2.36 bits per heavy atom. The van der Waals surface area contributed by atoms with Gasteiger partial charge in [-0.15, -0.1) is 0 Å². The quantitative estimate of drug-likeness (QED) is 0.575. The van der Waals surface area contributed by atoms with Crippen LogP contribution in [-0.4, -0.2) is 5.11 Å². The largest absolute Gasteiger partial charge is 0.508 e. The number of hydrogen-bond donors (Lipinski definition) is 1. The minimum atomic E-state index is -0.0746. The maximum atomic E-state index is 9.32. The van der Waals surface area contributed by atoms with Crippen LogP contribution in [0.1, 0.15) is 58.1 Å². The lowest BCUT2D eigenvalue weighted by atomic mass is 9.71. The molecule has 0 saturated carbocycles. The number of phenolic OH excluding ortho intramolecular Hbond substituents is 1. The van der Waals surface area contributed by atoms with Crippen LogP contribution in [0.5, 0.6) is 5.75 Å². The van der Waals surface area contributed by atoms with Gasteiger partial charge in [0.05, 0.1) is 5.69 Å². The molecule has 2 aromatic carbocycles. The van der Waals surface area contributed by atoms with Crippen molar-refractivity contribution < 1.29 is 5.11 Å². The van der Waals surface area contributed by atoms with Crippen LogP contribution in [0.2, 0.25) is 0 Å². The van der Waals surface area contributed by atoms with Crippen molar-refractivity contribution in [2.75, 3.05) is 0 Å². The van der Waals surface area contributed by atoms with Crippen LogP contribution in [0.3, 0.4) is 0 Å². The van der Waals surface area contributed by atoms with E-state index in [4.69, 9.17) is 0 Å². The first kappa shape index (κ1) is 18.9. The van der Waals surface area contributed by atoms with E-state index < -0.39 is 0 Å². The maximum Gasteiger partial charge on any atom is 0.115 e. The standard InChI is InChI=1S/C22H28N2O/c1-6-22(5,21-10-8-7-9-20(21)16(2)3)17(4)15-23-24-18-11-13-19(25)14-12-18/h7-16,25H,6H2,1-5H3/b17-15-,24-23?. The van der Waals surface area contributed by atoms with E-state index in [1.54, 1.807) is 24.3 Å². The molecule has 2 aromatic rings. The number of rotatable bonds is 6. The Morgan fingerprint density at radius 2 is 1.76 bits per heavy atom. The van der Waals surface area contributed by atoms with E-state index in [1.165, 1.54) is 16.7 Å². The Morgan fingerprint density at radius 1 is 1.12 bits per heavy atom. The SMILES string of the molecule is CCC(C)(/C(C)=C\N=Nc1ccc(O)cc1)c1ccccc1C(C)C. The lowest BCUT2D eigenvalue weighted by Crippen LogP contribution is -2.24. The third-order valence-electron chi connectivity index (χ3n) is 5.03. The molecule has 0 amide bonds. The van der Waals surface area contributed by atoms with E-state index >= 15 is 0 Å². The second-order valence-electron chi connectivity index (χ2n) is 6.97. The summed E-state index contributed by atoms with van der Waals surface area (Å²) in [5.74, 6) is 0.711. The molecule has 0 saturated heterocycles. The van der Waals surface area contributed by atoms with Crippen molar-refractivity contribution >= 4 is 5.69 Å². The van der Waals surface area contributed by atoms with Gasteiger partial charge in [-0.25, -0.2) is 0 Å². The molecule has 1 N–H and O–H groups in total. The molecule has 3 heteroatoms. The third kappa shape index (κ3) is 4.36. The molecule has 0 aromatic heterocycles.